The van der Waals surface area contributed by atoms with E-state index in [2.05, 4.69) is 5.32 Å². The molecule has 2 N–H and O–H groups in total. The number of carboxylic acid groups (broad SMARTS) is 1. The van der Waals surface area contributed by atoms with Crippen LogP contribution in [0.15, 0.2) is 17.5 Å². The Morgan fingerprint density at radius 1 is 1.59 bits per heavy atom. The predicted molar refractivity (Wildman–Crippen MR) is 64.1 cm³/mol. The molecule has 1 aromatic rings. The molecule has 1 atom stereocenters. The number of rotatable bonds is 6. The van der Waals surface area contributed by atoms with Crippen molar-refractivity contribution >= 4 is 23.4 Å². The summed E-state index contributed by atoms with van der Waals surface area (Å²) in [4.78, 5) is 22.9. The third kappa shape index (κ3) is 4.44. The number of carbonyl (C=O) groups is 2. The highest BCUT2D eigenvalue weighted by Crippen LogP contribution is 2.19. The Kier molecular flexibility index (Phi) is 5.48. The molecule has 5 nitrogen and oxygen atoms in total. The quantitative estimate of drug-likeness (QED) is 0.767. The lowest BCUT2D eigenvalue weighted by Gasteiger charge is -2.12. The molecule has 6 heteroatoms. The number of nitrogens with one attached hydrogen (secondary N) is 1. The number of hydrogen-bond acceptors (Lipinski definition) is 4. The molecule has 1 rings (SSSR count). The summed E-state index contributed by atoms with van der Waals surface area (Å²) in [6.45, 7) is 2.28. The van der Waals surface area contributed by atoms with Crippen molar-refractivity contribution in [3.63, 3.8) is 0 Å². The lowest BCUT2D eigenvalue weighted by molar-refractivity contribution is -0.139. The molecule has 1 unspecified atom stereocenters. The smallest absolute Gasteiger partial charge is 0.408 e. The highest BCUT2D eigenvalue weighted by Gasteiger charge is 2.23. The molecule has 17 heavy (non-hydrogen) atoms. The molecule has 0 aliphatic heterocycles. The van der Waals surface area contributed by atoms with Crippen LogP contribution < -0.4 is 5.32 Å². The molecule has 0 radical (unpaired) electrons. The van der Waals surface area contributed by atoms with E-state index >= 15 is 0 Å². The minimum Gasteiger partial charge on any atom is -0.479 e. The summed E-state index contributed by atoms with van der Waals surface area (Å²) in [5.74, 6) is -1.10. The first-order chi connectivity index (χ1) is 8.15. The lowest BCUT2D eigenvalue weighted by Crippen LogP contribution is -2.33. The van der Waals surface area contributed by atoms with Crippen molar-refractivity contribution in [2.75, 3.05) is 6.61 Å². The molecular formula is C11H15NO4S. The molecule has 0 spiro atoms. The Hall–Kier alpha value is -1.56. The number of ether oxygens (including phenoxy) is 1. The predicted octanol–water partition coefficient (Wildman–Crippen LogP) is 2.40. The van der Waals surface area contributed by atoms with Crippen LogP contribution in [-0.2, 0) is 9.53 Å². The summed E-state index contributed by atoms with van der Waals surface area (Å²) in [6.07, 6.45) is 0.990. The summed E-state index contributed by atoms with van der Waals surface area (Å²) in [5, 5.41) is 13.1. The van der Waals surface area contributed by atoms with E-state index in [-0.39, 0.29) is 0 Å². The molecule has 0 fully saturated rings. The van der Waals surface area contributed by atoms with Gasteiger partial charge in [0.1, 0.15) is 0 Å². The Balaban J connectivity index is 2.51. The van der Waals surface area contributed by atoms with Gasteiger partial charge in [0.05, 0.1) is 6.61 Å². The second-order valence-corrected chi connectivity index (χ2v) is 4.40. The summed E-state index contributed by atoms with van der Waals surface area (Å²) >= 11 is 1.28. The number of carbonyl (C=O) groups excluding carboxylic acids is 1. The Morgan fingerprint density at radius 3 is 2.88 bits per heavy atom. The maximum absolute atomic E-state index is 11.3. The van der Waals surface area contributed by atoms with Gasteiger partial charge in [0.25, 0.3) is 0 Å². The normalized spacial score (nSPS) is 11.8. The largest absolute Gasteiger partial charge is 0.479 e. The zero-order chi connectivity index (χ0) is 12.7. The number of alkyl carbamates (subject to hydrolysis) is 1. The topological polar surface area (TPSA) is 75.6 Å². The number of hydrogen-bond donors (Lipinski definition) is 2. The van der Waals surface area contributed by atoms with E-state index in [0.717, 1.165) is 12.8 Å². The molecule has 0 saturated heterocycles. The fourth-order valence-electron chi connectivity index (χ4n) is 1.18. The zero-order valence-electron chi connectivity index (χ0n) is 9.51. The first-order valence-electron chi connectivity index (χ1n) is 5.34. The van der Waals surface area contributed by atoms with Gasteiger partial charge in [-0.1, -0.05) is 19.4 Å². The molecule has 94 valence electrons. The van der Waals surface area contributed by atoms with E-state index in [1.807, 2.05) is 6.92 Å². The van der Waals surface area contributed by atoms with Gasteiger partial charge in [0, 0.05) is 4.88 Å². The maximum atomic E-state index is 11.3. The third-order valence-corrected chi connectivity index (χ3v) is 3.01. The summed E-state index contributed by atoms with van der Waals surface area (Å²) in [7, 11) is 0. The van der Waals surface area contributed by atoms with Crippen LogP contribution in [0.25, 0.3) is 0 Å². The second kappa shape index (κ2) is 6.90. The van der Waals surface area contributed by atoms with E-state index < -0.39 is 18.1 Å². The van der Waals surface area contributed by atoms with Gasteiger partial charge in [-0.15, -0.1) is 11.3 Å². The minimum absolute atomic E-state index is 0.305. The highest BCUT2D eigenvalue weighted by atomic mass is 32.1. The van der Waals surface area contributed by atoms with E-state index in [0.29, 0.717) is 11.5 Å². The lowest BCUT2D eigenvalue weighted by atomic mass is 10.2. The molecule has 0 aromatic carbocycles. The van der Waals surface area contributed by atoms with Crippen molar-refractivity contribution in [2.24, 2.45) is 0 Å². The van der Waals surface area contributed by atoms with Gasteiger partial charge in [-0.3, -0.25) is 0 Å². The Labute approximate surface area is 103 Å². The number of aliphatic carboxylic acids is 1. The van der Waals surface area contributed by atoms with Crippen LogP contribution in [0, 0.1) is 0 Å². The van der Waals surface area contributed by atoms with E-state index in [9.17, 15) is 9.59 Å². The number of carboxylic acids is 1. The van der Waals surface area contributed by atoms with E-state index in [1.54, 1.807) is 17.5 Å². The maximum Gasteiger partial charge on any atom is 0.408 e. The molecule has 0 bridgehead atoms. The van der Waals surface area contributed by atoms with Crippen molar-refractivity contribution < 1.29 is 19.4 Å². The SMILES string of the molecule is CCCCOC(=O)NC(C(=O)O)c1cccs1. The van der Waals surface area contributed by atoms with Gasteiger partial charge in [-0.25, -0.2) is 9.59 Å². The van der Waals surface area contributed by atoms with E-state index in [4.69, 9.17) is 9.84 Å². The van der Waals surface area contributed by atoms with Crippen LogP contribution in [0.2, 0.25) is 0 Å². The molecular weight excluding hydrogens is 242 g/mol. The van der Waals surface area contributed by atoms with Gasteiger partial charge in [-0.2, -0.15) is 0 Å². The molecule has 0 saturated carbocycles. The summed E-state index contributed by atoms with van der Waals surface area (Å²) < 4.78 is 4.85. The Morgan fingerprint density at radius 2 is 2.35 bits per heavy atom. The third-order valence-electron chi connectivity index (χ3n) is 2.07. The van der Waals surface area contributed by atoms with Crippen LogP contribution in [0.4, 0.5) is 4.79 Å². The summed E-state index contributed by atoms with van der Waals surface area (Å²) in [6, 6.07) is 2.36. The average Bonchev–Trinajstić information content (AvgIpc) is 2.79. The molecule has 0 aliphatic carbocycles. The number of amides is 1. The van der Waals surface area contributed by atoms with Crippen LogP contribution in [0.1, 0.15) is 30.7 Å². The minimum atomic E-state index is -1.10. The average molecular weight is 257 g/mol. The van der Waals surface area contributed by atoms with Crippen molar-refractivity contribution in [2.45, 2.75) is 25.8 Å². The van der Waals surface area contributed by atoms with Crippen LogP contribution in [0.5, 0.6) is 0 Å². The molecule has 1 aromatic heterocycles. The van der Waals surface area contributed by atoms with E-state index in [1.165, 1.54) is 11.3 Å². The van der Waals surface area contributed by atoms with Crippen molar-refractivity contribution in [3.05, 3.63) is 22.4 Å². The van der Waals surface area contributed by atoms with Crippen LogP contribution in [-0.4, -0.2) is 23.8 Å². The molecule has 1 amide bonds. The molecule has 1 heterocycles. The first-order valence-corrected chi connectivity index (χ1v) is 6.22. The van der Waals surface area contributed by atoms with Crippen molar-refractivity contribution in [3.8, 4) is 0 Å². The van der Waals surface area contributed by atoms with Crippen LogP contribution in [0.3, 0.4) is 0 Å². The number of unbranched alkanes of at least 4 members (excludes halogenated alkanes) is 1. The van der Waals surface area contributed by atoms with Gasteiger partial charge < -0.3 is 15.2 Å². The monoisotopic (exact) mass is 257 g/mol. The second-order valence-electron chi connectivity index (χ2n) is 3.42. The van der Waals surface area contributed by atoms with Crippen molar-refractivity contribution in [1.82, 2.24) is 5.32 Å². The standard InChI is InChI=1S/C11H15NO4S/c1-2-3-6-16-11(15)12-9(10(13)14)8-5-4-7-17-8/h4-5,7,9H,2-3,6H2,1H3,(H,12,15)(H,13,14). The zero-order valence-corrected chi connectivity index (χ0v) is 10.3. The fraction of sp³-hybridized carbons (Fsp3) is 0.455. The van der Waals surface area contributed by atoms with Gasteiger partial charge in [-0.05, 0) is 17.9 Å². The first kappa shape index (κ1) is 13.5. The van der Waals surface area contributed by atoms with Gasteiger partial charge in [0.2, 0.25) is 0 Å². The van der Waals surface area contributed by atoms with Gasteiger partial charge in [0.15, 0.2) is 6.04 Å². The van der Waals surface area contributed by atoms with Crippen LogP contribution >= 0.6 is 11.3 Å². The van der Waals surface area contributed by atoms with Crippen molar-refractivity contribution in [1.29, 1.82) is 0 Å². The number of thiophene rings is 1. The highest BCUT2D eigenvalue weighted by molar-refractivity contribution is 7.10. The van der Waals surface area contributed by atoms with Gasteiger partial charge >= 0.3 is 12.1 Å². The Bertz CT molecular complexity index is 364. The summed E-state index contributed by atoms with van der Waals surface area (Å²) in [5.41, 5.74) is 0. The fourth-order valence-corrected chi connectivity index (χ4v) is 1.95. The molecule has 0 aliphatic rings.